The molecule has 0 radical (unpaired) electrons. The molecule has 3 aromatic rings. The number of aromatic nitrogens is 4. The van der Waals surface area contributed by atoms with E-state index in [1.54, 1.807) is 0 Å². The van der Waals surface area contributed by atoms with E-state index in [0.717, 1.165) is 41.8 Å². The summed E-state index contributed by atoms with van der Waals surface area (Å²) in [5, 5.41) is 9.63. The molecule has 1 aliphatic heterocycles. The Kier molecular flexibility index (Phi) is 3.20. The maximum Gasteiger partial charge on any atom is 0.164 e. The first kappa shape index (κ1) is 13.5. The Morgan fingerprint density at radius 3 is 2.77 bits per heavy atom. The number of nitrogens with one attached hydrogen (secondary N) is 1. The summed E-state index contributed by atoms with van der Waals surface area (Å²) in [7, 11) is 0. The number of anilines is 1. The van der Waals surface area contributed by atoms with Crippen LogP contribution in [-0.2, 0) is 0 Å². The molecule has 3 N–H and O–H groups in total. The zero-order valence-corrected chi connectivity index (χ0v) is 12.6. The third-order valence-electron chi connectivity index (χ3n) is 4.02. The van der Waals surface area contributed by atoms with Crippen LogP contribution in [0.15, 0.2) is 30.6 Å². The summed E-state index contributed by atoms with van der Waals surface area (Å²) in [4.78, 5) is 8.53. The maximum absolute atomic E-state index is 6.09. The molecular formula is C15H15ClN6. The quantitative estimate of drug-likeness (QED) is 0.758. The normalized spacial score (nSPS) is 18.1. The van der Waals surface area contributed by atoms with E-state index >= 15 is 0 Å². The van der Waals surface area contributed by atoms with Crippen LogP contribution in [0.3, 0.4) is 0 Å². The lowest BCUT2D eigenvalue weighted by atomic mass is 10.1. The number of hydrogen-bond donors (Lipinski definition) is 2. The van der Waals surface area contributed by atoms with E-state index in [0.29, 0.717) is 10.8 Å². The van der Waals surface area contributed by atoms with Gasteiger partial charge >= 0.3 is 0 Å². The molecular weight excluding hydrogens is 300 g/mol. The molecule has 7 heteroatoms. The molecule has 2 aromatic heterocycles. The van der Waals surface area contributed by atoms with Gasteiger partial charge in [0.2, 0.25) is 0 Å². The van der Waals surface area contributed by atoms with Crippen LogP contribution in [0.1, 0.15) is 12.5 Å². The number of rotatable bonds is 2. The second-order valence-corrected chi connectivity index (χ2v) is 5.84. The SMILES string of the molecule is Nc1ncnc2c1c(-c1ccc(Cl)cc1)nn2C1CCNC1. The first-order valence-electron chi connectivity index (χ1n) is 7.19. The Hall–Kier alpha value is -2.18. The van der Waals surface area contributed by atoms with Crippen molar-refractivity contribution in [1.82, 2.24) is 25.1 Å². The standard InChI is InChI=1S/C15H15ClN6/c16-10-3-1-9(2-4-10)13-12-14(17)19-8-20-15(12)22(21-13)11-5-6-18-7-11/h1-4,8,11,18H,5-7H2,(H2,17,19,20). The highest BCUT2D eigenvalue weighted by molar-refractivity contribution is 6.30. The summed E-state index contributed by atoms with van der Waals surface area (Å²) in [6.07, 6.45) is 2.52. The van der Waals surface area contributed by atoms with Gasteiger partial charge in [0.05, 0.1) is 11.4 Å². The average molecular weight is 315 g/mol. The second kappa shape index (κ2) is 5.23. The fraction of sp³-hybridized carbons (Fsp3) is 0.267. The van der Waals surface area contributed by atoms with Gasteiger partial charge in [-0.25, -0.2) is 14.6 Å². The molecule has 1 unspecified atom stereocenters. The van der Waals surface area contributed by atoms with Crippen LogP contribution in [0.4, 0.5) is 5.82 Å². The number of halogens is 1. The largest absolute Gasteiger partial charge is 0.383 e. The molecule has 4 rings (SSSR count). The number of nitrogens with two attached hydrogens (primary N) is 1. The van der Waals surface area contributed by atoms with Crippen molar-refractivity contribution in [2.75, 3.05) is 18.8 Å². The topological polar surface area (TPSA) is 81.7 Å². The number of nitrogen functional groups attached to an aromatic ring is 1. The zero-order valence-electron chi connectivity index (χ0n) is 11.8. The number of nitrogens with zero attached hydrogens (tertiary/aromatic N) is 4. The van der Waals surface area contributed by atoms with Crippen molar-refractivity contribution in [3.63, 3.8) is 0 Å². The van der Waals surface area contributed by atoms with Gasteiger partial charge in [0.25, 0.3) is 0 Å². The molecule has 0 saturated carbocycles. The van der Waals surface area contributed by atoms with E-state index in [2.05, 4.69) is 15.3 Å². The van der Waals surface area contributed by atoms with E-state index in [1.807, 2.05) is 28.9 Å². The third-order valence-corrected chi connectivity index (χ3v) is 4.27. The van der Waals surface area contributed by atoms with E-state index in [1.165, 1.54) is 6.33 Å². The van der Waals surface area contributed by atoms with Crippen LogP contribution < -0.4 is 11.1 Å². The van der Waals surface area contributed by atoms with Crippen LogP contribution in [0.25, 0.3) is 22.3 Å². The predicted octanol–water partition coefficient (Wildman–Crippen LogP) is 2.26. The summed E-state index contributed by atoms with van der Waals surface area (Å²) in [6, 6.07) is 7.86. The molecule has 0 bridgehead atoms. The number of hydrogen-bond acceptors (Lipinski definition) is 5. The Morgan fingerprint density at radius 2 is 2.05 bits per heavy atom. The van der Waals surface area contributed by atoms with Crippen LogP contribution in [0, 0.1) is 0 Å². The molecule has 1 aromatic carbocycles. The van der Waals surface area contributed by atoms with Crippen LogP contribution in [-0.4, -0.2) is 32.8 Å². The van der Waals surface area contributed by atoms with Crippen LogP contribution in [0.2, 0.25) is 5.02 Å². The van der Waals surface area contributed by atoms with E-state index in [4.69, 9.17) is 22.4 Å². The van der Waals surface area contributed by atoms with E-state index < -0.39 is 0 Å². The minimum atomic E-state index is 0.290. The highest BCUT2D eigenvalue weighted by atomic mass is 35.5. The van der Waals surface area contributed by atoms with Gasteiger partial charge in [-0.05, 0) is 25.1 Å². The molecule has 0 amide bonds. The Morgan fingerprint density at radius 1 is 1.23 bits per heavy atom. The average Bonchev–Trinajstić information content (AvgIpc) is 3.15. The Bertz CT molecular complexity index is 820. The van der Waals surface area contributed by atoms with Crippen LogP contribution >= 0.6 is 11.6 Å². The van der Waals surface area contributed by atoms with Gasteiger partial charge in [-0.15, -0.1) is 0 Å². The number of fused-ring (bicyclic) bond motifs is 1. The van der Waals surface area contributed by atoms with Crippen molar-refractivity contribution in [3.05, 3.63) is 35.6 Å². The maximum atomic E-state index is 6.09. The molecule has 1 atom stereocenters. The molecule has 1 aliphatic rings. The summed E-state index contributed by atoms with van der Waals surface area (Å²) in [5.74, 6) is 0.451. The fourth-order valence-corrected chi connectivity index (χ4v) is 3.03. The minimum Gasteiger partial charge on any atom is -0.383 e. The van der Waals surface area contributed by atoms with Crippen molar-refractivity contribution in [2.45, 2.75) is 12.5 Å². The first-order chi connectivity index (χ1) is 10.7. The smallest absolute Gasteiger partial charge is 0.164 e. The summed E-state index contributed by atoms with van der Waals surface area (Å²) in [5.41, 5.74) is 8.63. The molecule has 6 nitrogen and oxygen atoms in total. The van der Waals surface area contributed by atoms with Gasteiger partial charge in [0.1, 0.15) is 17.8 Å². The Labute approximate surface area is 132 Å². The van der Waals surface area contributed by atoms with Gasteiger partial charge < -0.3 is 11.1 Å². The minimum absolute atomic E-state index is 0.290. The molecule has 1 saturated heterocycles. The number of benzene rings is 1. The van der Waals surface area contributed by atoms with Gasteiger partial charge in [-0.1, -0.05) is 23.7 Å². The van der Waals surface area contributed by atoms with Crippen LogP contribution in [0.5, 0.6) is 0 Å². The summed E-state index contributed by atoms with van der Waals surface area (Å²) < 4.78 is 1.97. The third kappa shape index (κ3) is 2.12. The van der Waals surface area contributed by atoms with Gasteiger partial charge in [-0.3, -0.25) is 0 Å². The highest BCUT2D eigenvalue weighted by Crippen LogP contribution is 2.33. The summed E-state index contributed by atoms with van der Waals surface area (Å²) in [6.45, 7) is 1.88. The van der Waals surface area contributed by atoms with Gasteiger partial charge in [0.15, 0.2) is 5.65 Å². The molecule has 0 aliphatic carbocycles. The predicted molar refractivity (Wildman–Crippen MR) is 86.7 cm³/mol. The van der Waals surface area contributed by atoms with Crippen molar-refractivity contribution < 1.29 is 0 Å². The lowest BCUT2D eigenvalue weighted by Crippen LogP contribution is -2.15. The van der Waals surface area contributed by atoms with Gasteiger partial charge in [-0.2, -0.15) is 5.10 Å². The summed E-state index contributed by atoms with van der Waals surface area (Å²) >= 11 is 5.97. The zero-order chi connectivity index (χ0) is 15.1. The highest BCUT2D eigenvalue weighted by Gasteiger charge is 2.24. The second-order valence-electron chi connectivity index (χ2n) is 5.40. The molecule has 1 fully saturated rings. The van der Waals surface area contributed by atoms with Gasteiger partial charge in [0, 0.05) is 17.1 Å². The lowest BCUT2D eigenvalue weighted by molar-refractivity contribution is 0.504. The van der Waals surface area contributed by atoms with Crippen molar-refractivity contribution in [3.8, 4) is 11.3 Å². The molecule has 112 valence electrons. The van der Waals surface area contributed by atoms with E-state index in [9.17, 15) is 0 Å². The first-order valence-corrected chi connectivity index (χ1v) is 7.57. The van der Waals surface area contributed by atoms with Crippen molar-refractivity contribution in [1.29, 1.82) is 0 Å². The lowest BCUT2D eigenvalue weighted by Gasteiger charge is -2.09. The van der Waals surface area contributed by atoms with Crippen molar-refractivity contribution in [2.24, 2.45) is 0 Å². The van der Waals surface area contributed by atoms with Crippen molar-refractivity contribution >= 4 is 28.5 Å². The Balaban J connectivity index is 1.95. The monoisotopic (exact) mass is 314 g/mol. The molecule has 22 heavy (non-hydrogen) atoms. The fourth-order valence-electron chi connectivity index (χ4n) is 2.91. The van der Waals surface area contributed by atoms with E-state index in [-0.39, 0.29) is 6.04 Å². The molecule has 0 spiro atoms. The molecule has 3 heterocycles.